The Labute approximate surface area is 93.4 Å². The third-order valence-electron chi connectivity index (χ3n) is 1.94. The predicted molar refractivity (Wildman–Crippen MR) is 59.8 cm³/mol. The zero-order valence-electron chi connectivity index (χ0n) is 8.23. The summed E-state index contributed by atoms with van der Waals surface area (Å²) >= 11 is 1.67. The van der Waals surface area contributed by atoms with Crippen molar-refractivity contribution >= 4 is 27.7 Å². The molecule has 88 valence electrons. The van der Waals surface area contributed by atoms with Gasteiger partial charge in [0, 0.05) is 18.2 Å². The quantitative estimate of drug-likeness (QED) is 0.515. The summed E-state index contributed by atoms with van der Waals surface area (Å²) in [5, 5.41) is 10.5. The third-order valence-corrected chi connectivity index (χ3v) is 3.74. The number of nitrogens with two attached hydrogens (primary N) is 1. The molecule has 1 fully saturated rings. The molecule has 0 bridgehead atoms. The first-order valence-corrected chi connectivity index (χ1v) is 7.45. The molecular weight excluding hydrogens is 238 g/mol. The van der Waals surface area contributed by atoms with Gasteiger partial charge in [-0.15, -0.1) is 11.8 Å². The van der Waals surface area contributed by atoms with E-state index in [-0.39, 0.29) is 17.7 Å². The molecule has 1 aliphatic rings. The Morgan fingerprint density at radius 3 is 2.87 bits per heavy atom. The number of hydrogen-bond acceptors (Lipinski definition) is 5. The van der Waals surface area contributed by atoms with E-state index in [0.717, 1.165) is 11.6 Å². The molecule has 1 rings (SSSR count). The van der Waals surface area contributed by atoms with Crippen molar-refractivity contribution in [1.29, 1.82) is 0 Å². The van der Waals surface area contributed by atoms with Gasteiger partial charge in [-0.3, -0.25) is 10.1 Å². The van der Waals surface area contributed by atoms with Crippen LogP contribution in [0.15, 0.2) is 0 Å². The van der Waals surface area contributed by atoms with Gasteiger partial charge in [-0.2, -0.15) is 0 Å². The second-order valence-electron chi connectivity index (χ2n) is 3.28. The first-order chi connectivity index (χ1) is 6.99. The van der Waals surface area contributed by atoms with Gasteiger partial charge in [0.25, 0.3) is 0 Å². The fraction of sp³-hybridized carbons (Fsp3) is 0.857. The summed E-state index contributed by atoms with van der Waals surface area (Å²) in [6.45, 7) is 0.345. The SMILES string of the molecule is NS(=O)(=O)CCCNC(=O)C1CSCN1. The first-order valence-electron chi connectivity index (χ1n) is 4.58. The minimum absolute atomic E-state index is 0.0746. The lowest BCUT2D eigenvalue weighted by atomic mass is 10.3. The minimum atomic E-state index is -3.41. The van der Waals surface area contributed by atoms with Gasteiger partial charge in [0.15, 0.2) is 0 Å². The number of primary sulfonamides is 1. The van der Waals surface area contributed by atoms with E-state index >= 15 is 0 Å². The zero-order chi connectivity index (χ0) is 11.3. The van der Waals surface area contributed by atoms with Gasteiger partial charge in [-0.25, -0.2) is 13.6 Å². The van der Waals surface area contributed by atoms with E-state index < -0.39 is 10.0 Å². The third kappa shape index (κ3) is 5.36. The van der Waals surface area contributed by atoms with Crippen LogP contribution < -0.4 is 15.8 Å². The van der Waals surface area contributed by atoms with Crippen molar-refractivity contribution in [2.45, 2.75) is 12.5 Å². The highest BCUT2D eigenvalue weighted by Gasteiger charge is 2.21. The summed E-state index contributed by atoms with van der Waals surface area (Å²) in [5.41, 5.74) is 0. The molecule has 8 heteroatoms. The number of thioether (sulfide) groups is 1. The van der Waals surface area contributed by atoms with Gasteiger partial charge in [-0.05, 0) is 6.42 Å². The van der Waals surface area contributed by atoms with E-state index in [9.17, 15) is 13.2 Å². The van der Waals surface area contributed by atoms with Crippen LogP contribution in [0.2, 0.25) is 0 Å². The van der Waals surface area contributed by atoms with Crippen molar-refractivity contribution in [2.75, 3.05) is 23.9 Å². The highest BCUT2D eigenvalue weighted by Crippen LogP contribution is 2.08. The van der Waals surface area contributed by atoms with E-state index in [2.05, 4.69) is 10.6 Å². The van der Waals surface area contributed by atoms with Crippen molar-refractivity contribution in [1.82, 2.24) is 10.6 Å². The number of carbonyl (C=O) groups is 1. The minimum Gasteiger partial charge on any atom is -0.355 e. The zero-order valence-corrected chi connectivity index (χ0v) is 9.86. The van der Waals surface area contributed by atoms with Crippen molar-refractivity contribution in [2.24, 2.45) is 5.14 Å². The molecule has 0 saturated carbocycles. The fourth-order valence-corrected chi connectivity index (χ4v) is 2.66. The molecule has 4 N–H and O–H groups in total. The number of rotatable bonds is 5. The highest BCUT2D eigenvalue weighted by molar-refractivity contribution is 7.99. The number of sulfonamides is 1. The number of carbonyl (C=O) groups excluding carboxylic acids is 1. The molecule has 1 atom stereocenters. The lowest BCUT2D eigenvalue weighted by molar-refractivity contribution is -0.122. The summed E-state index contributed by atoms with van der Waals surface area (Å²) in [6, 6.07) is -0.149. The Kier molecular flexibility index (Phi) is 4.84. The van der Waals surface area contributed by atoms with Crippen LogP contribution >= 0.6 is 11.8 Å². The van der Waals surface area contributed by atoms with Gasteiger partial charge in [-0.1, -0.05) is 0 Å². The number of amides is 1. The molecule has 0 aromatic heterocycles. The maximum absolute atomic E-state index is 11.4. The maximum Gasteiger partial charge on any atom is 0.238 e. The van der Waals surface area contributed by atoms with Gasteiger partial charge in [0.1, 0.15) is 0 Å². The van der Waals surface area contributed by atoms with Gasteiger partial charge < -0.3 is 5.32 Å². The average molecular weight is 253 g/mol. The molecule has 0 aromatic rings. The monoisotopic (exact) mass is 253 g/mol. The Morgan fingerprint density at radius 1 is 1.60 bits per heavy atom. The van der Waals surface area contributed by atoms with E-state index in [1.165, 1.54) is 0 Å². The van der Waals surface area contributed by atoms with Crippen molar-refractivity contribution < 1.29 is 13.2 Å². The summed E-state index contributed by atoms with van der Waals surface area (Å²) in [7, 11) is -3.41. The highest BCUT2D eigenvalue weighted by atomic mass is 32.2. The molecule has 1 unspecified atom stereocenters. The van der Waals surface area contributed by atoms with Crippen LogP contribution in [0.25, 0.3) is 0 Å². The number of nitrogens with one attached hydrogen (secondary N) is 2. The Hall–Kier alpha value is -0.310. The van der Waals surface area contributed by atoms with Crippen LogP contribution in [0.3, 0.4) is 0 Å². The van der Waals surface area contributed by atoms with Crippen LogP contribution in [0.1, 0.15) is 6.42 Å². The van der Waals surface area contributed by atoms with Crippen LogP contribution in [-0.4, -0.2) is 44.3 Å². The summed E-state index contributed by atoms with van der Waals surface area (Å²) in [5.74, 6) is 1.38. The lowest BCUT2D eigenvalue weighted by Gasteiger charge is -2.09. The first kappa shape index (κ1) is 12.8. The van der Waals surface area contributed by atoms with Crippen LogP contribution in [-0.2, 0) is 14.8 Å². The van der Waals surface area contributed by atoms with Gasteiger partial charge in [0.2, 0.25) is 15.9 Å². The molecule has 6 nitrogen and oxygen atoms in total. The predicted octanol–water partition coefficient (Wildman–Crippen LogP) is -1.56. The smallest absolute Gasteiger partial charge is 0.238 e. The molecule has 0 aromatic carbocycles. The second kappa shape index (κ2) is 5.69. The Balaban J connectivity index is 2.12. The van der Waals surface area contributed by atoms with Crippen molar-refractivity contribution in [3.05, 3.63) is 0 Å². The molecule has 0 radical (unpaired) electrons. The second-order valence-corrected chi connectivity index (χ2v) is 6.05. The van der Waals surface area contributed by atoms with E-state index in [0.29, 0.717) is 13.0 Å². The van der Waals surface area contributed by atoms with Crippen LogP contribution in [0.5, 0.6) is 0 Å². The molecule has 15 heavy (non-hydrogen) atoms. The van der Waals surface area contributed by atoms with Crippen LogP contribution in [0, 0.1) is 0 Å². The molecule has 1 aliphatic heterocycles. The van der Waals surface area contributed by atoms with Crippen LogP contribution in [0.4, 0.5) is 0 Å². The molecule has 0 spiro atoms. The van der Waals surface area contributed by atoms with Crippen molar-refractivity contribution in [3.8, 4) is 0 Å². The van der Waals surface area contributed by atoms with E-state index in [1.807, 2.05) is 0 Å². The normalized spacial score (nSPS) is 21.5. The fourth-order valence-electron chi connectivity index (χ4n) is 1.17. The Bertz CT molecular complexity index is 311. The van der Waals surface area contributed by atoms with Crippen molar-refractivity contribution in [3.63, 3.8) is 0 Å². The standard InChI is InChI=1S/C7H15N3O3S2/c8-15(12,13)3-1-2-9-7(11)6-4-14-5-10-6/h6,10H,1-5H2,(H,9,11)(H2,8,12,13). The summed E-state index contributed by atoms with van der Waals surface area (Å²) < 4.78 is 21.2. The molecule has 1 amide bonds. The maximum atomic E-state index is 11.4. The molecular formula is C7H15N3O3S2. The largest absolute Gasteiger partial charge is 0.355 e. The summed E-state index contributed by atoms with van der Waals surface area (Å²) in [6.07, 6.45) is 0.352. The molecule has 0 aliphatic carbocycles. The average Bonchev–Trinajstić information content (AvgIpc) is 2.63. The number of hydrogen-bond donors (Lipinski definition) is 3. The van der Waals surface area contributed by atoms with Gasteiger partial charge in [0.05, 0.1) is 11.8 Å². The van der Waals surface area contributed by atoms with E-state index in [1.54, 1.807) is 11.8 Å². The Morgan fingerprint density at radius 2 is 2.33 bits per heavy atom. The van der Waals surface area contributed by atoms with Gasteiger partial charge >= 0.3 is 0 Å². The molecule has 1 saturated heterocycles. The lowest BCUT2D eigenvalue weighted by Crippen LogP contribution is -2.42. The van der Waals surface area contributed by atoms with E-state index in [4.69, 9.17) is 5.14 Å². The summed E-state index contributed by atoms with van der Waals surface area (Å²) in [4.78, 5) is 11.4. The topological polar surface area (TPSA) is 101 Å². The molecule has 1 heterocycles.